The molecular formula is C35H35F4N5O4. The molecule has 9 nitrogen and oxygen atoms in total. The van der Waals surface area contributed by atoms with E-state index in [1.54, 1.807) is 6.92 Å². The summed E-state index contributed by atoms with van der Waals surface area (Å²) in [5, 5.41) is 14.1. The van der Waals surface area contributed by atoms with E-state index in [0.29, 0.717) is 37.7 Å². The topological polar surface area (TPSA) is 100 Å². The van der Waals surface area contributed by atoms with Gasteiger partial charge in [0.2, 0.25) is 0 Å². The summed E-state index contributed by atoms with van der Waals surface area (Å²) in [7, 11) is 0. The SMILES string of the molecule is CCc1c(F)ccc2cc(O)cc(-c3c(F)cc4c(N5CCCC6(CNC(=O)O6)C5)nc(OC[C@@]56CCCN5C[C@H](F)C6)nc4c3F)c12. The molecule has 0 saturated carbocycles. The summed E-state index contributed by atoms with van der Waals surface area (Å²) < 4.78 is 74.7. The number of halogens is 4. The Morgan fingerprint density at radius 3 is 2.73 bits per heavy atom. The number of piperidine rings is 1. The average molecular weight is 666 g/mol. The number of nitrogens with zero attached hydrogens (tertiary/aromatic N) is 4. The second-order valence-electron chi connectivity index (χ2n) is 13.6. The third kappa shape index (κ3) is 4.96. The van der Waals surface area contributed by atoms with E-state index in [1.807, 2.05) is 4.90 Å². The molecule has 1 spiro atoms. The van der Waals surface area contributed by atoms with Gasteiger partial charge in [0.05, 0.1) is 24.2 Å². The molecule has 1 unspecified atom stereocenters. The third-order valence-electron chi connectivity index (χ3n) is 10.6. The van der Waals surface area contributed by atoms with Crippen LogP contribution in [-0.4, -0.2) is 82.7 Å². The van der Waals surface area contributed by atoms with Crippen LogP contribution in [0, 0.1) is 17.5 Å². The van der Waals surface area contributed by atoms with Crippen molar-refractivity contribution in [2.24, 2.45) is 0 Å². The molecule has 3 atom stereocenters. The molecule has 2 N–H and O–H groups in total. The molecule has 1 aromatic heterocycles. The summed E-state index contributed by atoms with van der Waals surface area (Å²) in [6, 6.07) is 6.38. The molecule has 1 amide bonds. The lowest BCUT2D eigenvalue weighted by molar-refractivity contribution is 0.0445. The lowest BCUT2D eigenvalue weighted by Crippen LogP contribution is -2.51. The molecule has 4 saturated heterocycles. The number of nitrogens with one attached hydrogen (secondary N) is 1. The second-order valence-corrected chi connectivity index (χ2v) is 13.6. The molecule has 0 aliphatic carbocycles. The van der Waals surface area contributed by atoms with Gasteiger partial charge in [-0.05, 0) is 84.8 Å². The Balaban J connectivity index is 1.29. The first-order chi connectivity index (χ1) is 23.1. The molecule has 0 bridgehead atoms. The number of alkyl halides is 1. The van der Waals surface area contributed by atoms with Gasteiger partial charge in [0.25, 0.3) is 0 Å². The first kappa shape index (κ1) is 30.9. The van der Waals surface area contributed by atoms with E-state index in [9.17, 15) is 14.3 Å². The van der Waals surface area contributed by atoms with Crippen molar-refractivity contribution in [2.45, 2.75) is 62.8 Å². The van der Waals surface area contributed by atoms with Gasteiger partial charge in [0.1, 0.15) is 47.1 Å². The Morgan fingerprint density at radius 1 is 1.10 bits per heavy atom. The van der Waals surface area contributed by atoms with Crippen molar-refractivity contribution in [3.63, 3.8) is 0 Å². The smallest absolute Gasteiger partial charge is 0.407 e. The number of alkyl carbamates (subject to hydrolysis) is 1. The molecule has 4 aliphatic rings. The molecule has 8 rings (SSSR count). The number of aromatic nitrogens is 2. The molecule has 48 heavy (non-hydrogen) atoms. The fourth-order valence-electron chi connectivity index (χ4n) is 8.41. The zero-order valence-corrected chi connectivity index (χ0v) is 26.4. The van der Waals surface area contributed by atoms with Gasteiger partial charge in [0, 0.05) is 24.9 Å². The lowest BCUT2D eigenvalue weighted by Gasteiger charge is -2.39. The van der Waals surface area contributed by atoms with Crippen molar-refractivity contribution in [1.82, 2.24) is 20.2 Å². The number of benzene rings is 3. The zero-order valence-electron chi connectivity index (χ0n) is 26.4. The van der Waals surface area contributed by atoms with Crippen LogP contribution in [0.4, 0.5) is 28.2 Å². The molecule has 3 aromatic carbocycles. The van der Waals surface area contributed by atoms with Crippen molar-refractivity contribution in [3.05, 3.63) is 53.3 Å². The van der Waals surface area contributed by atoms with Gasteiger partial charge < -0.3 is 24.8 Å². The molecule has 5 heterocycles. The van der Waals surface area contributed by atoms with Crippen LogP contribution in [0.1, 0.15) is 44.6 Å². The highest BCUT2D eigenvalue weighted by atomic mass is 19.1. The Kier molecular flexibility index (Phi) is 7.31. The van der Waals surface area contributed by atoms with Crippen LogP contribution in [0.3, 0.4) is 0 Å². The van der Waals surface area contributed by atoms with E-state index < -0.39 is 46.4 Å². The number of aromatic hydroxyl groups is 1. The number of anilines is 1. The molecule has 0 radical (unpaired) electrons. The van der Waals surface area contributed by atoms with Crippen LogP contribution >= 0.6 is 0 Å². The minimum Gasteiger partial charge on any atom is -0.508 e. The van der Waals surface area contributed by atoms with Crippen molar-refractivity contribution < 1.29 is 36.9 Å². The summed E-state index contributed by atoms with van der Waals surface area (Å²) in [5.41, 5.74) is -1.81. The molecule has 4 fully saturated rings. The summed E-state index contributed by atoms with van der Waals surface area (Å²) in [5.74, 6) is -2.53. The summed E-state index contributed by atoms with van der Waals surface area (Å²) >= 11 is 0. The number of hydrogen-bond acceptors (Lipinski definition) is 8. The first-order valence-electron chi connectivity index (χ1n) is 16.5. The number of ether oxygens (including phenoxy) is 2. The molecule has 13 heteroatoms. The minimum absolute atomic E-state index is 0.0119. The van der Waals surface area contributed by atoms with Crippen LogP contribution < -0.4 is 15.0 Å². The monoisotopic (exact) mass is 665 g/mol. The quantitative estimate of drug-likeness (QED) is 0.236. The van der Waals surface area contributed by atoms with Crippen molar-refractivity contribution >= 4 is 33.6 Å². The number of rotatable bonds is 6. The fourth-order valence-corrected chi connectivity index (χ4v) is 8.41. The van der Waals surface area contributed by atoms with E-state index in [4.69, 9.17) is 9.47 Å². The van der Waals surface area contributed by atoms with E-state index in [-0.39, 0.29) is 71.1 Å². The van der Waals surface area contributed by atoms with Gasteiger partial charge in [0.15, 0.2) is 5.82 Å². The van der Waals surface area contributed by atoms with Gasteiger partial charge in [-0.3, -0.25) is 4.90 Å². The number of carbonyl (C=O) groups is 1. The van der Waals surface area contributed by atoms with E-state index >= 15 is 13.2 Å². The summed E-state index contributed by atoms with van der Waals surface area (Å²) in [6.07, 6.45) is 1.92. The van der Waals surface area contributed by atoms with Crippen LogP contribution in [0.15, 0.2) is 30.3 Å². The normalized spacial score (nSPS) is 25.6. The van der Waals surface area contributed by atoms with Gasteiger partial charge in [-0.2, -0.15) is 9.97 Å². The second kappa shape index (κ2) is 11.4. The van der Waals surface area contributed by atoms with Crippen molar-refractivity contribution in [2.75, 3.05) is 44.2 Å². The average Bonchev–Trinajstić information content (AvgIpc) is 3.71. The van der Waals surface area contributed by atoms with Crippen molar-refractivity contribution in [1.29, 1.82) is 0 Å². The Labute approximate surface area is 273 Å². The summed E-state index contributed by atoms with van der Waals surface area (Å²) in [6.45, 7) is 3.89. The highest BCUT2D eigenvalue weighted by Gasteiger charge is 2.49. The van der Waals surface area contributed by atoms with Crippen molar-refractivity contribution in [3.8, 4) is 22.9 Å². The van der Waals surface area contributed by atoms with Crippen LogP contribution in [0.2, 0.25) is 0 Å². The number of carbonyl (C=O) groups excluding carboxylic acids is 1. The van der Waals surface area contributed by atoms with Gasteiger partial charge in [-0.15, -0.1) is 0 Å². The number of amides is 1. The Bertz CT molecular complexity index is 1980. The van der Waals surface area contributed by atoms with E-state index in [2.05, 4.69) is 20.2 Å². The maximum atomic E-state index is 17.0. The van der Waals surface area contributed by atoms with Crippen LogP contribution in [0.5, 0.6) is 11.8 Å². The van der Waals surface area contributed by atoms with Gasteiger partial charge >= 0.3 is 12.1 Å². The maximum absolute atomic E-state index is 17.0. The van der Waals surface area contributed by atoms with Gasteiger partial charge in [-0.25, -0.2) is 22.4 Å². The summed E-state index contributed by atoms with van der Waals surface area (Å²) in [4.78, 5) is 25.1. The predicted molar refractivity (Wildman–Crippen MR) is 171 cm³/mol. The van der Waals surface area contributed by atoms with E-state index in [0.717, 1.165) is 25.5 Å². The third-order valence-corrected chi connectivity index (χ3v) is 10.6. The molecule has 4 aliphatic heterocycles. The largest absolute Gasteiger partial charge is 0.508 e. The van der Waals surface area contributed by atoms with Gasteiger partial charge in [-0.1, -0.05) is 13.0 Å². The highest BCUT2D eigenvalue weighted by Crippen LogP contribution is 2.44. The standard InChI is InChI=1S/C35H35F4N5O4/c1-2-22-25(37)6-5-19-11-21(45)12-23(27(19)22)28-26(38)13-24-30(29(28)39)41-32(47-18-34-7-3-10-44(34)15-20(36)14-34)42-31(24)43-9-4-8-35(17-43)16-40-33(46)48-35/h5-6,11-13,20,45H,2-4,7-10,14-18H2,1H3,(H,40,46)/t20-,34+,35?/m1/s1. The molecule has 252 valence electrons. The number of fused-ring (bicyclic) bond motifs is 3. The minimum atomic E-state index is -1.03. The zero-order chi connectivity index (χ0) is 33.4. The van der Waals surface area contributed by atoms with Crippen LogP contribution in [0.25, 0.3) is 32.8 Å². The fraction of sp³-hybridized carbons (Fsp3) is 0.457. The highest BCUT2D eigenvalue weighted by molar-refractivity contribution is 6.03. The number of phenolic OH excluding ortho intramolecular Hbond substituents is 1. The van der Waals surface area contributed by atoms with E-state index in [1.165, 1.54) is 24.3 Å². The molecule has 4 aromatic rings. The number of aryl methyl sites for hydroxylation is 1. The van der Waals surface area contributed by atoms with Crippen LogP contribution in [-0.2, 0) is 11.2 Å². The number of hydrogen-bond donors (Lipinski definition) is 2. The molecular weight excluding hydrogens is 630 g/mol. The first-order valence-corrected chi connectivity index (χ1v) is 16.5. The lowest BCUT2D eigenvalue weighted by atomic mass is 9.91. The predicted octanol–water partition coefficient (Wildman–Crippen LogP) is 6.17. The maximum Gasteiger partial charge on any atom is 0.407 e. The Hall–Kier alpha value is -4.39. The Morgan fingerprint density at radius 2 is 1.94 bits per heavy atom. The number of phenols is 1.